The standard InChI is InChI=1S/C16H29N3O2/c20-16(14-3-6-17-13-14)19-9-4-15(5-10-19)21-12-11-18-7-1-2-8-18/h14-15,17H,1-13H2. The first-order valence-corrected chi connectivity index (χ1v) is 8.66. The molecule has 3 saturated heterocycles. The van der Waals surface area contributed by atoms with Gasteiger partial charge in [-0.1, -0.05) is 0 Å². The van der Waals surface area contributed by atoms with Gasteiger partial charge in [-0.3, -0.25) is 4.79 Å². The summed E-state index contributed by atoms with van der Waals surface area (Å²) in [5.41, 5.74) is 0. The third-order valence-corrected chi connectivity index (χ3v) is 5.12. The highest BCUT2D eigenvalue weighted by atomic mass is 16.5. The number of rotatable bonds is 5. The van der Waals surface area contributed by atoms with Gasteiger partial charge in [0, 0.05) is 26.2 Å². The molecule has 0 aromatic rings. The second-order valence-electron chi connectivity index (χ2n) is 6.63. The highest BCUT2D eigenvalue weighted by Gasteiger charge is 2.30. The lowest BCUT2D eigenvalue weighted by molar-refractivity contribution is -0.137. The third kappa shape index (κ3) is 4.18. The number of likely N-dealkylation sites (tertiary alicyclic amines) is 2. The van der Waals surface area contributed by atoms with Crippen LogP contribution in [0.15, 0.2) is 0 Å². The third-order valence-electron chi connectivity index (χ3n) is 5.12. The normalized spacial score (nSPS) is 28.4. The molecule has 5 heteroatoms. The molecule has 1 amide bonds. The van der Waals surface area contributed by atoms with E-state index in [-0.39, 0.29) is 5.92 Å². The summed E-state index contributed by atoms with van der Waals surface area (Å²) in [5.74, 6) is 0.577. The van der Waals surface area contributed by atoms with E-state index in [1.54, 1.807) is 0 Å². The van der Waals surface area contributed by atoms with Gasteiger partial charge in [0.05, 0.1) is 18.6 Å². The highest BCUT2D eigenvalue weighted by Crippen LogP contribution is 2.18. The molecule has 0 aromatic carbocycles. The van der Waals surface area contributed by atoms with Gasteiger partial charge in [-0.15, -0.1) is 0 Å². The number of ether oxygens (including phenoxy) is 1. The van der Waals surface area contributed by atoms with Gasteiger partial charge >= 0.3 is 0 Å². The Morgan fingerprint density at radius 2 is 1.86 bits per heavy atom. The van der Waals surface area contributed by atoms with Crippen molar-refractivity contribution in [3.8, 4) is 0 Å². The number of nitrogens with zero attached hydrogens (tertiary/aromatic N) is 2. The maximum absolute atomic E-state index is 12.3. The largest absolute Gasteiger partial charge is 0.377 e. The SMILES string of the molecule is O=C(C1CCNC1)N1CCC(OCCN2CCCC2)CC1. The Balaban J connectivity index is 1.31. The number of amides is 1. The molecule has 3 heterocycles. The number of nitrogens with one attached hydrogen (secondary N) is 1. The van der Waals surface area contributed by atoms with Gasteiger partial charge in [0.1, 0.15) is 0 Å². The van der Waals surface area contributed by atoms with Crippen LogP contribution in [-0.4, -0.2) is 74.2 Å². The van der Waals surface area contributed by atoms with Crippen LogP contribution >= 0.6 is 0 Å². The Kier molecular flexibility index (Phi) is 5.49. The van der Waals surface area contributed by atoms with Gasteiger partial charge in [0.15, 0.2) is 0 Å². The van der Waals surface area contributed by atoms with Crippen molar-refractivity contribution in [3.05, 3.63) is 0 Å². The maximum Gasteiger partial charge on any atom is 0.227 e. The smallest absolute Gasteiger partial charge is 0.227 e. The van der Waals surface area contributed by atoms with Crippen LogP contribution in [0.3, 0.4) is 0 Å². The second kappa shape index (κ2) is 7.56. The maximum atomic E-state index is 12.3. The Morgan fingerprint density at radius 3 is 2.52 bits per heavy atom. The summed E-state index contributed by atoms with van der Waals surface area (Å²) in [6.45, 7) is 8.03. The molecule has 0 saturated carbocycles. The highest BCUT2D eigenvalue weighted by molar-refractivity contribution is 5.79. The number of carbonyl (C=O) groups is 1. The molecule has 0 aromatic heterocycles. The van der Waals surface area contributed by atoms with E-state index in [9.17, 15) is 4.79 Å². The van der Waals surface area contributed by atoms with Crippen LogP contribution < -0.4 is 5.32 Å². The first-order chi connectivity index (χ1) is 10.3. The molecule has 0 radical (unpaired) electrons. The van der Waals surface area contributed by atoms with E-state index in [0.29, 0.717) is 12.0 Å². The number of piperidine rings is 1. The van der Waals surface area contributed by atoms with Crippen LogP contribution in [0.25, 0.3) is 0 Å². The van der Waals surface area contributed by atoms with Crippen molar-refractivity contribution in [2.75, 3.05) is 52.4 Å². The van der Waals surface area contributed by atoms with E-state index in [1.807, 2.05) is 0 Å². The first kappa shape index (κ1) is 15.3. The second-order valence-corrected chi connectivity index (χ2v) is 6.63. The molecule has 1 atom stereocenters. The molecular formula is C16H29N3O2. The summed E-state index contributed by atoms with van der Waals surface area (Å²) in [6, 6.07) is 0. The van der Waals surface area contributed by atoms with Gasteiger partial charge in [0.2, 0.25) is 5.91 Å². The van der Waals surface area contributed by atoms with Crippen molar-refractivity contribution in [2.24, 2.45) is 5.92 Å². The van der Waals surface area contributed by atoms with Gasteiger partial charge in [-0.2, -0.15) is 0 Å². The molecular weight excluding hydrogens is 266 g/mol. The van der Waals surface area contributed by atoms with E-state index in [0.717, 1.165) is 58.6 Å². The quantitative estimate of drug-likeness (QED) is 0.811. The van der Waals surface area contributed by atoms with Crippen molar-refractivity contribution in [3.63, 3.8) is 0 Å². The molecule has 3 aliphatic rings. The Morgan fingerprint density at radius 1 is 1.10 bits per heavy atom. The van der Waals surface area contributed by atoms with Gasteiger partial charge in [-0.25, -0.2) is 0 Å². The predicted molar refractivity (Wildman–Crippen MR) is 82.2 cm³/mol. The zero-order valence-corrected chi connectivity index (χ0v) is 13.1. The lowest BCUT2D eigenvalue weighted by Gasteiger charge is -2.33. The number of hydrogen-bond donors (Lipinski definition) is 1. The molecule has 3 fully saturated rings. The zero-order chi connectivity index (χ0) is 14.5. The summed E-state index contributed by atoms with van der Waals surface area (Å²) < 4.78 is 6.01. The fraction of sp³-hybridized carbons (Fsp3) is 0.938. The van der Waals surface area contributed by atoms with Crippen molar-refractivity contribution < 1.29 is 9.53 Å². The molecule has 120 valence electrons. The molecule has 0 bridgehead atoms. The van der Waals surface area contributed by atoms with Crippen molar-refractivity contribution in [2.45, 2.75) is 38.2 Å². The average molecular weight is 295 g/mol. The fourth-order valence-electron chi connectivity index (χ4n) is 3.72. The average Bonchev–Trinajstić information content (AvgIpc) is 3.21. The fourth-order valence-corrected chi connectivity index (χ4v) is 3.72. The molecule has 0 aliphatic carbocycles. The van der Waals surface area contributed by atoms with E-state index in [1.165, 1.54) is 25.9 Å². The lowest BCUT2D eigenvalue weighted by Crippen LogP contribution is -2.44. The van der Waals surface area contributed by atoms with Crippen molar-refractivity contribution >= 4 is 5.91 Å². The molecule has 0 spiro atoms. The minimum atomic E-state index is 0.220. The molecule has 21 heavy (non-hydrogen) atoms. The summed E-state index contributed by atoms with van der Waals surface area (Å²) in [6.07, 6.45) is 6.06. The monoisotopic (exact) mass is 295 g/mol. The summed E-state index contributed by atoms with van der Waals surface area (Å²) in [7, 11) is 0. The zero-order valence-electron chi connectivity index (χ0n) is 13.1. The summed E-state index contributed by atoms with van der Waals surface area (Å²) in [4.78, 5) is 16.9. The van der Waals surface area contributed by atoms with Crippen LogP contribution in [0.4, 0.5) is 0 Å². The van der Waals surface area contributed by atoms with E-state index >= 15 is 0 Å². The first-order valence-electron chi connectivity index (χ1n) is 8.66. The Labute approximate surface area is 128 Å². The van der Waals surface area contributed by atoms with Crippen molar-refractivity contribution in [1.29, 1.82) is 0 Å². The molecule has 5 nitrogen and oxygen atoms in total. The van der Waals surface area contributed by atoms with Gasteiger partial charge in [-0.05, 0) is 51.7 Å². The van der Waals surface area contributed by atoms with Gasteiger partial charge in [0.25, 0.3) is 0 Å². The van der Waals surface area contributed by atoms with Crippen LogP contribution in [-0.2, 0) is 9.53 Å². The summed E-state index contributed by atoms with van der Waals surface area (Å²) >= 11 is 0. The predicted octanol–water partition coefficient (Wildman–Crippen LogP) is 0.699. The Bertz CT molecular complexity index is 330. The van der Waals surface area contributed by atoms with E-state index in [4.69, 9.17) is 4.74 Å². The van der Waals surface area contributed by atoms with Crippen LogP contribution in [0.2, 0.25) is 0 Å². The summed E-state index contributed by atoms with van der Waals surface area (Å²) in [5, 5.41) is 3.28. The molecule has 3 rings (SSSR count). The lowest BCUT2D eigenvalue weighted by atomic mass is 10.0. The number of hydrogen-bond acceptors (Lipinski definition) is 4. The molecule has 3 aliphatic heterocycles. The topological polar surface area (TPSA) is 44.8 Å². The minimum absolute atomic E-state index is 0.220. The Hall–Kier alpha value is -0.650. The van der Waals surface area contributed by atoms with E-state index in [2.05, 4.69) is 15.1 Å². The van der Waals surface area contributed by atoms with Crippen LogP contribution in [0.5, 0.6) is 0 Å². The minimum Gasteiger partial charge on any atom is -0.377 e. The van der Waals surface area contributed by atoms with Crippen LogP contribution in [0.1, 0.15) is 32.1 Å². The molecule has 1 unspecified atom stereocenters. The molecule has 1 N–H and O–H groups in total. The number of carbonyl (C=O) groups excluding carboxylic acids is 1. The van der Waals surface area contributed by atoms with Crippen LogP contribution in [0, 0.1) is 5.92 Å². The van der Waals surface area contributed by atoms with E-state index < -0.39 is 0 Å². The van der Waals surface area contributed by atoms with Gasteiger partial charge < -0.3 is 19.9 Å². The van der Waals surface area contributed by atoms with Crippen molar-refractivity contribution in [1.82, 2.24) is 15.1 Å².